The summed E-state index contributed by atoms with van der Waals surface area (Å²) in [6.45, 7) is 7.46. The molecule has 1 aliphatic rings. The number of hydrogen-bond acceptors (Lipinski definition) is 3. The van der Waals surface area contributed by atoms with Crippen molar-refractivity contribution in [2.45, 2.75) is 38.8 Å². The fourth-order valence-electron chi connectivity index (χ4n) is 1.84. The van der Waals surface area contributed by atoms with Crippen molar-refractivity contribution < 1.29 is 9.84 Å². The average Bonchev–Trinajstić information content (AvgIpc) is 2.15. The maximum atomic E-state index is 8.76. The van der Waals surface area contributed by atoms with Gasteiger partial charge in [-0.25, -0.2) is 0 Å². The zero-order valence-corrected chi connectivity index (χ0v) is 8.70. The highest BCUT2D eigenvalue weighted by atomic mass is 16.5. The van der Waals surface area contributed by atoms with Crippen LogP contribution >= 0.6 is 0 Å². The zero-order chi connectivity index (χ0) is 9.68. The highest BCUT2D eigenvalue weighted by Gasteiger charge is 2.24. The number of ether oxygens (including phenoxy) is 1. The summed E-state index contributed by atoms with van der Waals surface area (Å²) in [5.74, 6) is 0. The number of morpholine rings is 1. The van der Waals surface area contributed by atoms with E-state index in [1.807, 2.05) is 0 Å². The maximum absolute atomic E-state index is 8.76. The first kappa shape index (κ1) is 11.0. The van der Waals surface area contributed by atoms with Gasteiger partial charge in [0.1, 0.15) is 0 Å². The molecule has 3 heteroatoms. The first-order valence-corrected chi connectivity index (χ1v) is 5.24. The number of rotatable bonds is 4. The van der Waals surface area contributed by atoms with Crippen LogP contribution in [0.15, 0.2) is 0 Å². The Morgan fingerprint density at radius 3 is 2.92 bits per heavy atom. The quantitative estimate of drug-likeness (QED) is 0.709. The fourth-order valence-corrected chi connectivity index (χ4v) is 1.84. The molecule has 78 valence electrons. The Morgan fingerprint density at radius 2 is 2.31 bits per heavy atom. The van der Waals surface area contributed by atoms with Crippen molar-refractivity contribution in [3.8, 4) is 0 Å². The molecular formula is C10H21NO2. The Balaban J connectivity index is 2.35. The minimum absolute atomic E-state index is 0.294. The normalized spacial score (nSPS) is 30.7. The Kier molecular flexibility index (Phi) is 4.70. The largest absolute Gasteiger partial charge is 0.396 e. The van der Waals surface area contributed by atoms with E-state index in [0.29, 0.717) is 18.8 Å². The smallest absolute Gasteiger partial charge is 0.0674 e. The molecule has 3 nitrogen and oxygen atoms in total. The van der Waals surface area contributed by atoms with Crippen molar-refractivity contribution in [2.75, 3.05) is 26.3 Å². The molecule has 0 aromatic heterocycles. The van der Waals surface area contributed by atoms with Gasteiger partial charge in [0.25, 0.3) is 0 Å². The fraction of sp³-hybridized carbons (Fsp3) is 1.00. The average molecular weight is 187 g/mol. The van der Waals surface area contributed by atoms with Crippen LogP contribution < -0.4 is 0 Å². The summed E-state index contributed by atoms with van der Waals surface area (Å²) in [6, 6.07) is 0.558. The van der Waals surface area contributed by atoms with Crippen molar-refractivity contribution in [1.82, 2.24) is 4.90 Å². The summed E-state index contributed by atoms with van der Waals surface area (Å²) in [5, 5.41) is 8.76. The summed E-state index contributed by atoms with van der Waals surface area (Å²) in [4.78, 5) is 2.43. The van der Waals surface area contributed by atoms with Gasteiger partial charge in [-0.2, -0.15) is 0 Å². The molecule has 0 amide bonds. The van der Waals surface area contributed by atoms with Gasteiger partial charge in [0, 0.05) is 25.7 Å². The Hall–Kier alpha value is -0.120. The standard InChI is InChI=1S/C10H21NO2/c1-3-10-8-13-9(2)7-11(10)5-4-6-12/h9-10,12H,3-8H2,1-2H3. The molecule has 1 aliphatic heterocycles. The number of nitrogens with zero attached hydrogens (tertiary/aromatic N) is 1. The van der Waals surface area contributed by atoms with Crippen LogP contribution in [0, 0.1) is 0 Å². The lowest BCUT2D eigenvalue weighted by Gasteiger charge is -2.38. The minimum Gasteiger partial charge on any atom is -0.396 e. The highest BCUT2D eigenvalue weighted by Crippen LogP contribution is 2.14. The zero-order valence-electron chi connectivity index (χ0n) is 8.70. The van der Waals surface area contributed by atoms with Gasteiger partial charge < -0.3 is 9.84 Å². The summed E-state index contributed by atoms with van der Waals surface area (Å²) < 4.78 is 5.59. The lowest BCUT2D eigenvalue weighted by Crippen LogP contribution is -2.48. The lowest BCUT2D eigenvalue weighted by atomic mass is 10.1. The van der Waals surface area contributed by atoms with Crippen LogP contribution in [0.3, 0.4) is 0 Å². The second-order valence-electron chi connectivity index (χ2n) is 3.78. The van der Waals surface area contributed by atoms with E-state index in [-0.39, 0.29) is 0 Å². The van der Waals surface area contributed by atoms with E-state index in [1.165, 1.54) is 0 Å². The van der Waals surface area contributed by atoms with Crippen LogP contribution in [0.1, 0.15) is 26.7 Å². The van der Waals surface area contributed by atoms with E-state index in [9.17, 15) is 0 Å². The third-order valence-corrected chi connectivity index (χ3v) is 2.66. The van der Waals surface area contributed by atoms with Gasteiger partial charge >= 0.3 is 0 Å². The first-order valence-electron chi connectivity index (χ1n) is 5.24. The van der Waals surface area contributed by atoms with E-state index in [0.717, 1.165) is 32.5 Å². The molecule has 1 heterocycles. The molecule has 1 fully saturated rings. The van der Waals surface area contributed by atoms with Crippen LogP contribution in [-0.4, -0.2) is 48.5 Å². The van der Waals surface area contributed by atoms with Crippen LogP contribution in [0.5, 0.6) is 0 Å². The van der Waals surface area contributed by atoms with Crippen LogP contribution in [0.2, 0.25) is 0 Å². The molecule has 0 saturated carbocycles. The van der Waals surface area contributed by atoms with Gasteiger partial charge in [0.2, 0.25) is 0 Å². The molecule has 0 aliphatic carbocycles. The van der Waals surface area contributed by atoms with Crippen molar-refractivity contribution in [1.29, 1.82) is 0 Å². The van der Waals surface area contributed by atoms with Crippen LogP contribution in [-0.2, 0) is 4.74 Å². The summed E-state index contributed by atoms with van der Waals surface area (Å²) in [6.07, 6.45) is 2.36. The monoisotopic (exact) mass is 187 g/mol. The maximum Gasteiger partial charge on any atom is 0.0674 e. The molecule has 0 spiro atoms. The number of hydrogen-bond donors (Lipinski definition) is 1. The molecule has 1 rings (SSSR count). The van der Waals surface area contributed by atoms with Crippen molar-refractivity contribution >= 4 is 0 Å². The van der Waals surface area contributed by atoms with Gasteiger partial charge in [0.15, 0.2) is 0 Å². The van der Waals surface area contributed by atoms with Gasteiger partial charge in [-0.3, -0.25) is 4.90 Å². The second kappa shape index (κ2) is 5.58. The van der Waals surface area contributed by atoms with Gasteiger partial charge in [0.05, 0.1) is 12.7 Å². The molecule has 2 atom stereocenters. The SMILES string of the molecule is CCC1COC(C)CN1CCCO. The molecule has 0 aromatic carbocycles. The number of aliphatic hydroxyl groups is 1. The van der Waals surface area contributed by atoms with Crippen molar-refractivity contribution in [3.63, 3.8) is 0 Å². The Labute approximate surface area is 80.7 Å². The van der Waals surface area contributed by atoms with E-state index in [1.54, 1.807) is 0 Å². The van der Waals surface area contributed by atoms with Gasteiger partial charge in [-0.05, 0) is 19.8 Å². The molecular weight excluding hydrogens is 166 g/mol. The third kappa shape index (κ3) is 3.25. The van der Waals surface area contributed by atoms with E-state index in [2.05, 4.69) is 18.7 Å². The molecule has 1 N–H and O–H groups in total. The Morgan fingerprint density at radius 1 is 1.54 bits per heavy atom. The van der Waals surface area contributed by atoms with Gasteiger partial charge in [-0.1, -0.05) is 6.92 Å². The second-order valence-corrected chi connectivity index (χ2v) is 3.78. The number of aliphatic hydroxyl groups excluding tert-OH is 1. The van der Waals surface area contributed by atoms with Crippen LogP contribution in [0.25, 0.3) is 0 Å². The van der Waals surface area contributed by atoms with E-state index < -0.39 is 0 Å². The van der Waals surface area contributed by atoms with E-state index in [4.69, 9.17) is 9.84 Å². The molecule has 0 bridgehead atoms. The molecule has 1 saturated heterocycles. The Bertz CT molecular complexity index is 141. The van der Waals surface area contributed by atoms with Crippen LogP contribution in [0.4, 0.5) is 0 Å². The molecule has 0 radical (unpaired) electrons. The summed E-state index contributed by atoms with van der Waals surface area (Å²) in [7, 11) is 0. The predicted octanol–water partition coefficient (Wildman–Crippen LogP) is 0.868. The van der Waals surface area contributed by atoms with Gasteiger partial charge in [-0.15, -0.1) is 0 Å². The molecule has 13 heavy (non-hydrogen) atoms. The molecule has 2 unspecified atom stereocenters. The first-order chi connectivity index (χ1) is 6.27. The summed E-state index contributed by atoms with van der Waals surface area (Å²) >= 11 is 0. The summed E-state index contributed by atoms with van der Waals surface area (Å²) in [5.41, 5.74) is 0. The van der Waals surface area contributed by atoms with E-state index >= 15 is 0 Å². The highest BCUT2D eigenvalue weighted by molar-refractivity contribution is 4.77. The van der Waals surface area contributed by atoms with Crippen molar-refractivity contribution in [2.24, 2.45) is 0 Å². The lowest BCUT2D eigenvalue weighted by molar-refractivity contribution is -0.0569. The minimum atomic E-state index is 0.294. The topological polar surface area (TPSA) is 32.7 Å². The molecule has 0 aromatic rings. The van der Waals surface area contributed by atoms with Crippen molar-refractivity contribution in [3.05, 3.63) is 0 Å². The third-order valence-electron chi connectivity index (χ3n) is 2.66. The predicted molar refractivity (Wildman–Crippen MR) is 52.8 cm³/mol.